The molecule has 0 aliphatic carbocycles. The van der Waals surface area contributed by atoms with Crippen molar-refractivity contribution in [3.8, 4) is 5.88 Å². The number of aromatic amines is 1. The van der Waals surface area contributed by atoms with Crippen molar-refractivity contribution in [3.05, 3.63) is 48.0 Å². The van der Waals surface area contributed by atoms with Crippen molar-refractivity contribution in [1.82, 2.24) is 4.98 Å². The second-order valence-electron chi connectivity index (χ2n) is 6.47. The minimum absolute atomic E-state index is 0.116. The van der Waals surface area contributed by atoms with E-state index in [1.54, 1.807) is 12.1 Å². The highest BCUT2D eigenvalue weighted by atomic mass is 32.2. The van der Waals surface area contributed by atoms with Crippen LogP contribution in [0.25, 0.3) is 10.9 Å². The Balaban J connectivity index is 2.13. The van der Waals surface area contributed by atoms with Crippen molar-refractivity contribution in [2.45, 2.75) is 25.2 Å². The van der Waals surface area contributed by atoms with Crippen molar-refractivity contribution < 1.29 is 13.5 Å². The average Bonchev–Trinajstić information content (AvgIpc) is 2.88. The summed E-state index contributed by atoms with van der Waals surface area (Å²) >= 11 is 0. The predicted octanol–water partition coefficient (Wildman–Crippen LogP) is 4.13. The Hall–Kier alpha value is -2.71. The first-order valence-electron chi connectivity index (χ1n) is 8.13. The molecule has 136 valence electrons. The molecule has 0 unspecified atom stereocenters. The topological polar surface area (TPSA) is 121 Å². The van der Waals surface area contributed by atoms with Crippen LogP contribution in [0.15, 0.2) is 57.6 Å². The maximum Gasteiger partial charge on any atom is 0.240 e. The van der Waals surface area contributed by atoms with Crippen molar-refractivity contribution in [2.24, 2.45) is 21.3 Å². The van der Waals surface area contributed by atoms with E-state index in [0.717, 1.165) is 22.9 Å². The lowest BCUT2D eigenvalue weighted by molar-refractivity contribution is 0.459. The predicted molar refractivity (Wildman–Crippen MR) is 100 cm³/mol. The number of nitrogens with zero attached hydrogens (tertiary/aromatic N) is 2. The Kier molecular flexibility index (Phi) is 4.80. The number of benzene rings is 2. The van der Waals surface area contributed by atoms with Gasteiger partial charge in [-0.2, -0.15) is 0 Å². The van der Waals surface area contributed by atoms with Gasteiger partial charge >= 0.3 is 0 Å². The number of aromatic nitrogens is 1. The molecular weight excluding hydrogens is 352 g/mol. The number of hydrogen-bond acceptors (Lipinski definition) is 5. The largest absolute Gasteiger partial charge is 0.493 e. The second kappa shape index (κ2) is 6.89. The van der Waals surface area contributed by atoms with Crippen molar-refractivity contribution >= 4 is 32.3 Å². The fourth-order valence-corrected chi connectivity index (χ4v) is 3.55. The summed E-state index contributed by atoms with van der Waals surface area (Å²) in [5.41, 5.74) is 2.17. The maximum absolute atomic E-state index is 11.7. The van der Waals surface area contributed by atoms with Crippen molar-refractivity contribution in [2.75, 3.05) is 0 Å². The molecule has 2 aromatic carbocycles. The normalized spacial score (nSPS) is 12.5. The number of primary sulfonamides is 1. The summed E-state index contributed by atoms with van der Waals surface area (Å²) in [5.74, 6) is 0.304. The van der Waals surface area contributed by atoms with E-state index in [0.29, 0.717) is 5.92 Å². The Labute approximate surface area is 151 Å². The van der Waals surface area contributed by atoms with Crippen LogP contribution in [0, 0.1) is 5.92 Å². The quantitative estimate of drug-likeness (QED) is 0.584. The lowest BCUT2D eigenvalue weighted by Gasteiger charge is -2.07. The number of sulfonamides is 1. The Morgan fingerprint density at radius 3 is 2.54 bits per heavy atom. The van der Waals surface area contributed by atoms with Gasteiger partial charge in [-0.05, 0) is 36.1 Å². The van der Waals surface area contributed by atoms with Crippen LogP contribution in [-0.2, 0) is 16.4 Å². The molecular formula is C18H20N4O3S. The van der Waals surface area contributed by atoms with Crippen LogP contribution in [0.2, 0.25) is 0 Å². The summed E-state index contributed by atoms with van der Waals surface area (Å²) < 4.78 is 23.4. The Bertz CT molecular complexity index is 1090. The van der Waals surface area contributed by atoms with Gasteiger partial charge in [0, 0.05) is 5.39 Å². The molecule has 0 spiro atoms. The van der Waals surface area contributed by atoms with E-state index in [2.05, 4.69) is 29.1 Å². The summed E-state index contributed by atoms with van der Waals surface area (Å²) in [5, 5.41) is 24.4. The highest BCUT2D eigenvalue weighted by Gasteiger charge is 2.16. The molecule has 0 aliphatic heterocycles. The van der Waals surface area contributed by atoms with Crippen LogP contribution in [-0.4, -0.2) is 18.5 Å². The monoisotopic (exact) mass is 372 g/mol. The number of H-pyrrole nitrogens is 1. The number of aromatic hydroxyl groups is 1. The third-order valence-electron chi connectivity index (χ3n) is 3.92. The number of hydrogen-bond donors (Lipinski definition) is 3. The van der Waals surface area contributed by atoms with Gasteiger partial charge in [-0.25, -0.2) is 13.6 Å². The first kappa shape index (κ1) is 18.1. The van der Waals surface area contributed by atoms with Crippen LogP contribution >= 0.6 is 0 Å². The van der Waals surface area contributed by atoms with Crippen LogP contribution in [0.1, 0.15) is 19.4 Å². The van der Waals surface area contributed by atoms with E-state index in [9.17, 15) is 13.5 Å². The molecule has 1 aromatic heterocycles. The molecule has 0 amide bonds. The van der Waals surface area contributed by atoms with Crippen LogP contribution in [0.5, 0.6) is 5.88 Å². The molecule has 0 bridgehead atoms. The van der Waals surface area contributed by atoms with E-state index in [4.69, 9.17) is 5.14 Å². The highest BCUT2D eigenvalue weighted by molar-refractivity contribution is 7.89. The Morgan fingerprint density at radius 2 is 1.85 bits per heavy atom. The molecule has 3 rings (SSSR count). The van der Waals surface area contributed by atoms with E-state index in [1.807, 2.05) is 18.2 Å². The molecule has 0 saturated carbocycles. The van der Waals surface area contributed by atoms with Gasteiger partial charge in [-0.1, -0.05) is 38.1 Å². The molecule has 0 radical (unpaired) electrons. The molecule has 0 atom stereocenters. The van der Waals surface area contributed by atoms with Crippen LogP contribution < -0.4 is 5.14 Å². The van der Waals surface area contributed by atoms with E-state index >= 15 is 0 Å². The standard InChI is InChI=1S/C18H20N4O3S/c1-11(2)10-12-6-5-8-14-16(12)17(18(23)20-14)22-21-13-7-3-4-9-15(13)26(19,24)25/h3-9,11,20,23H,10H2,1-2H3,(H2,19,24,25). The molecule has 0 fully saturated rings. The number of rotatable bonds is 5. The zero-order chi connectivity index (χ0) is 18.9. The highest BCUT2D eigenvalue weighted by Crippen LogP contribution is 2.39. The van der Waals surface area contributed by atoms with Crippen LogP contribution in [0.4, 0.5) is 11.4 Å². The Morgan fingerprint density at radius 1 is 1.12 bits per heavy atom. The van der Waals surface area contributed by atoms with Gasteiger partial charge in [0.05, 0.1) is 5.52 Å². The lowest BCUT2D eigenvalue weighted by atomic mass is 9.99. The minimum atomic E-state index is -3.93. The van der Waals surface area contributed by atoms with E-state index in [-0.39, 0.29) is 22.2 Å². The maximum atomic E-state index is 11.7. The third-order valence-corrected chi connectivity index (χ3v) is 4.88. The van der Waals surface area contributed by atoms with Crippen molar-refractivity contribution in [3.63, 3.8) is 0 Å². The molecule has 3 aromatic rings. The molecule has 26 heavy (non-hydrogen) atoms. The summed E-state index contributed by atoms with van der Waals surface area (Å²) in [6.45, 7) is 4.21. The molecule has 1 heterocycles. The average molecular weight is 372 g/mol. The van der Waals surface area contributed by atoms with Gasteiger partial charge in [0.1, 0.15) is 10.6 Å². The zero-order valence-corrected chi connectivity index (χ0v) is 15.3. The first-order chi connectivity index (χ1) is 12.3. The number of nitrogens with one attached hydrogen (secondary N) is 1. The van der Waals surface area contributed by atoms with Gasteiger partial charge in [0.15, 0.2) is 5.69 Å². The summed E-state index contributed by atoms with van der Waals surface area (Å²) in [4.78, 5) is 2.76. The fourth-order valence-electron chi connectivity index (χ4n) is 2.88. The summed E-state index contributed by atoms with van der Waals surface area (Å²) in [6, 6.07) is 11.8. The van der Waals surface area contributed by atoms with Gasteiger partial charge in [0.2, 0.25) is 15.9 Å². The third kappa shape index (κ3) is 3.61. The SMILES string of the molecule is CC(C)Cc1cccc2[nH]c(O)c(N=Nc3ccccc3S(N)(=O)=O)c12. The lowest BCUT2D eigenvalue weighted by Crippen LogP contribution is -2.12. The van der Waals surface area contributed by atoms with Gasteiger partial charge in [-0.3, -0.25) is 0 Å². The van der Waals surface area contributed by atoms with E-state index < -0.39 is 10.0 Å². The molecule has 0 saturated heterocycles. The van der Waals surface area contributed by atoms with Gasteiger partial charge < -0.3 is 10.1 Å². The molecule has 0 aliphatic rings. The van der Waals surface area contributed by atoms with Gasteiger partial charge in [0.25, 0.3) is 0 Å². The summed E-state index contributed by atoms with van der Waals surface area (Å²) in [6.07, 6.45) is 0.810. The van der Waals surface area contributed by atoms with Crippen molar-refractivity contribution in [1.29, 1.82) is 0 Å². The fraction of sp³-hybridized carbons (Fsp3) is 0.222. The first-order valence-corrected chi connectivity index (χ1v) is 9.68. The summed E-state index contributed by atoms with van der Waals surface area (Å²) in [7, 11) is -3.93. The minimum Gasteiger partial charge on any atom is -0.493 e. The zero-order valence-electron chi connectivity index (χ0n) is 14.5. The molecule has 8 heteroatoms. The molecule has 4 N–H and O–H groups in total. The van der Waals surface area contributed by atoms with E-state index in [1.165, 1.54) is 12.1 Å². The van der Waals surface area contributed by atoms with Crippen LogP contribution in [0.3, 0.4) is 0 Å². The molecule has 7 nitrogen and oxygen atoms in total. The number of azo groups is 1. The number of nitrogens with two attached hydrogens (primary N) is 1. The number of fused-ring (bicyclic) bond motifs is 1. The second-order valence-corrected chi connectivity index (χ2v) is 8.00. The van der Waals surface area contributed by atoms with Gasteiger partial charge in [-0.15, -0.1) is 10.2 Å². The smallest absolute Gasteiger partial charge is 0.240 e.